The Morgan fingerprint density at radius 3 is 2.50 bits per heavy atom. The molecule has 110 valence electrons. The number of ether oxygens (including phenoxy) is 1. The predicted molar refractivity (Wildman–Crippen MR) is 80.3 cm³/mol. The van der Waals surface area contributed by atoms with Crippen molar-refractivity contribution in [3.8, 4) is 0 Å². The molecule has 6 bridgehead atoms. The SMILES string of the molecule is CC(OCC1CC2CCC1C2)C1=C2C3CC(C1)CC2C3. The van der Waals surface area contributed by atoms with E-state index in [4.69, 9.17) is 4.74 Å². The summed E-state index contributed by atoms with van der Waals surface area (Å²) >= 11 is 0. The van der Waals surface area contributed by atoms with E-state index in [1.807, 2.05) is 5.57 Å². The topological polar surface area (TPSA) is 9.23 Å². The molecule has 0 aromatic carbocycles. The quantitative estimate of drug-likeness (QED) is 0.681. The van der Waals surface area contributed by atoms with Crippen LogP contribution in [0.4, 0.5) is 0 Å². The van der Waals surface area contributed by atoms with Gasteiger partial charge in [-0.1, -0.05) is 12.0 Å². The van der Waals surface area contributed by atoms with Crippen LogP contribution in [0.2, 0.25) is 0 Å². The van der Waals surface area contributed by atoms with E-state index in [1.165, 1.54) is 51.4 Å². The lowest BCUT2D eigenvalue weighted by atomic mass is 9.51. The summed E-state index contributed by atoms with van der Waals surface area (Å²) in [5.41, 5.74) is 3.62. The Balaban J connectivity index is 1.24. The van der Waals surface area contributed by atoms with Crippen LogP contribution >= 0.6 is 0 Å². The van der Waals surface area contributed by atoms with Crippen LogP contribution in [0.25, 0.3) is 0 Å². The minimum atomic E-state index is 0.428. The number of allylic oxidation sites excluding steroid dienone is 1. The molecule has 0 spiro atoms. The fourth-order valence-electron chi connectivity index (χ4n) is 6.59. The molecule has 0 aromatic rings. The van der Waals surface area contributed by atoms with E-state index >= 15 is 0 Å². The van der Waals surface area contributed by atoms with Crippen LogP contribution in [0.1, 0.15) is 58.3 Å². The fourth-order valence-corrected chi connectivity index (χ4v) is 6.59. The Hall–Kier alpha value is -0.300. The zero-order valence-corrected chi connectivity index (χ0v) is 12.8. The maximum atomic E-state index is 6.38. The number of hydrogen-bond acceptors (Lipinski definition) is 1. The predicted octanol–water partition coefficient (Wildman–Crippen LogP) is 4.57. The number of rotatable bonds is 4. The van der Waals surface area contributed by atoms with Gasteiger partial charge in [0, 0.05) is 0 Å². The van der Waals surface area contributed by atoms with Crippen LogP contribution < -0.4 is 0 Å². The van der Waals surface area contributed by atoms with Gasteiger partial charge in [0.1, 0.15) is 0 Å². The molecule has 7 aliphatic rings. The largest absolute Gasteiger partial charge is 0.374 e. The van der Waals surface area contributed by atoms with E-state index in [0.29, 0.717) is 6.10 Å². The minimum Gasteiger partial charge on any atom is -0.374 e. The van der Waals surface area contributed by atoms with Gasteiger partial charge in [-0.3, -0.25) is 0 Å². The normalized spacial score (nSPS) is 49.6. The summed E-state index contributed by atoms with van der Waals surface area (Å²) in [6.07, 6.45) is 12.3. The molecule has 0 saturated heterocycles. The molecule has 0 aromatic heterocycles. The van der Waals surface area contributed by atoms with Crippen molar-refractivity contribution in [3.63, 3.8) is 0 Å². The van der Waals surface area contributed by atoms with Gasteiger partial charge in [0.05, 0.1) is 12.7 Å². The molecule has 0 radical (unpaired) electrons. The van der Waals surface area contributed by atoms with Gasteiger partial charge < -0.3 is 4.74 Å². The van der Waals surface area contributed by atoms with E-state index < -0.39 is 0 Å². The highest BCUT2D eigenvalue weighted by Crippen LogP contribution is 2.60. The van der Waals surface area contributed by atoms with E-state index in [2.05, 4.69) is 6.92 Å². The second kappa shape index (κ2) is 4.35. The number of fused-ring (bicyclic) bond motifs is 3. The van der Waals surface area contributed by atoms with Gasteiger partial charge in [0.15, 0.2) is 0 Å². The molecule has 0 heterocycles. The van der Waals surface area contributed by atoms with Gasteiger partial charge in [-0.25, -0.2) is 0 Å². The summed E-state index contributed by atoms with van der Waals surface area (Å²) < 4.78 is 6.38. The summed E-state index contributed by atoms with van der Waals surface area (Å²) in [6.45, 7) is 3.40. The van der Waals surface area contributed by atoms with Crippen LogP contribution in [-0.4, -0.2) is 12.7 Å². The highest BCUT2D eigenvalue weighted by molar-refractivity contribution is 5.35. The molecule has 5 saturated carbocycles. The molecular weight excluding hydrogens is 244 g/mol. The highest BCUT2D eigenvalue weighted by atomic mass is 16.5. The van der Waals surface area contributed by atoms with Crippen LogP contribution in [0, 0.1) is 35.5 Å². The molecule has 0 N–H and O–H groups in total. The first kappa shape index (κ1) is 12.3. The lowest BCUT2D eigenvalue weighted by Gasteiger charge is -2.54. The van der Waals surface area contributed by atoms with Gasteiger partial charge in [-0.2, -0.15) is 0 Å². The molecule has 7 rings (SSSR count). The van der Waals surface area contributed by atoms with Crippen LogP contribution in [-0.2, 0) is 4.74 Å². The molecule has 6 atom stereocenters. The van der Waals surface area contributed by atoms with E-state index in [1.54, 1.807) is 5.57 Å². The Morgan fingerprint density at radius 2 is 1.85 bits per heavy atom. The summed E-state index contributed by atoms with van der Waals surface area (Å²) in [5, 5.41) is 0. The van der Waals surface area contributed by atoms with Crippen LogP contribution in [0.3, 0.4) is 0 Å². The van der Waals surface area contributed by atoms with Gasteiger partial charge >= 0.3 is 0 Å². The molecule has 0 aliphatic heterocycles. The first-order valence-corrected chi connectivity index (χ1v) is 9.12. The summed E-state index contributed by atoms with van der Waals surface area (Å²) in [6, 6.07) is 0. The first-order valence-electron chi connectivity index (χ1n) is 9.12. The van der Waals surface area contributed by atoms with Gasteiger partial charge in [-0.05, 0) is 93.0 Å². The molecule has 7 aliphatic carbocycles. The standard InChI is InChI=1S/C19H28O/c1-11(20-10-17-5-12-2-3-14(17)4-12)18-8-13-6-15-9-16(7-13)19(15)18/h11-17H,2-10H2,1H3. The van der Waals surface area contributed by atoms with E-state index in [-0.39, 0.29) is 0 Å². The highest BCUT2D eigenvalue weighted by Gasteiger charge is 2.49. The van der Waals surface area contributed by atoms with Crippen molar-refractivity contribution in [2.24, 2.45) is 35.5 Å². The van der Waals surface area contributed by atoms with Gasteiger partial charge in [0.2, 0.25) is 0 Å². The molecule has 5 fully saturated rings. The molecule has 0 amide bonds. The fraction of sp³-hybridized carbons (Fsp3) is 0.895. The molecule has 20 heavy (non-hydrogen) atoms. The Kier molecular flexibility index (Phi) is 2.67. The van der Waals surface area contributed by atoms with E-state index in [9.17, 15) is 0 Å². The van der Waals surface area contributed by atoms with Crippen LogP contribution in [0.15, 0.2) is 11.1 Å². The lowest BCUT2D eigenvalue weighted by molar-refractivity contribution is 0.0271. The monoisotopic (exact) mass is 272 g/mol. The van der Waals surface area contributed by atoms with Crippen molar-refractivity contribution in [3.05, 3.63) is 11.1 Å². The van der Waals surface area contributed by atoms with Crippen molar-refractivity contribution < 1.29 is 4.74 Å². The van der Waals surface area contributed by atoms with Gasteiger partial charge in [-0.15, -0.1) is 0 Å². The summed E-state index contributed by atoms with van der Waals surface area (Å²) in [4.78, 5) is 0. The van der Waals surface area contributed by atoms with Crippen molar-refractivity contribution in [2.45, 2.75) is 64.4 Å². The second-order valence-corrected chi connectivity index (χ2v) is 8.56. The molecule has 1 heteroatoms. The molecule has 6 unspecified atom stereocenters. The van der Waals surface area contributed by atoms with Crippen LogP contribution in [0.5, 0.6) is 0 Å². The van der Waals surface area contributed by atoms with Gasteiger partial charge in [0.25, 0.3) is 0 Å². The maximum absolute atomic E-state index is 6.38. The lowest BCUT2D eigenvalue weighted by Crippen LogP contribution is -2.44. The summed E-state index contributed by atoms with van der Waals surface area (Å²) in [5.74, 6) is 5.95. The molecular formula is C19H28O. The van der Waals surface area contributed by atoms with Crippen molar-refractivity contribution in [1.29, 1.82) is 0 Å². The zero-order valence-electron chi connectivity index (χ0n) is 12.8. The van der Waals surface area contributed by atoms with Crippen molar-refractivity contribution in [2.75, 3.05) is 6.61 Å². The Morgan fingerprint density at radius 1 is 1.00 bits per heavy atom. The maximum Gasteiger partial charge on any atom is 0.0759 e. The third kappa shape index (κ3) is 1.71. The third-order valence-corrected chi connectivity index (χ3v) is 7.50. The second-order valence-electron chi connectivity index (χ2n) is 8.56. The zero-order chi connectivity index (χ0) is 13.3. The summed E-state index contributed by atoms with van der Waals surface area (Å²) in [7, 11) is 0. The first-order chi connectivity index (χ1) is 9.78. The smallest absolute Gasteiger partial charge is 0.0759 e. The Labute approximate surface area is 123 Å². The van der Waals surface area contributed by atoms with Crippen molar-refractivity contribution >= 4 is 0 Å². The molecule has 1 nitrogen and oxygen atoms in total. The van der Waals surface area contributed by atoms with E-state index in [0.717, 1.165) is 42.1 Å². The average Bonchev–Trinajstić information content (AvgIpc) is 3.06. The third-order valence-electron chi connectivity index (χ3n) is 7.50. The minimum absolute atomic E-state index is 0.428. The van der Waals surface area contributed by atoms with Crippen molar-refractivity contribution in [1.82, 2.24) is 0 Å². The number of hydrogen-bond donors (Lipinski definition) is 0. The average molecular weight is 272 g/mol. The Bertz CT molecular complexity index is 437.